The van der Waals surface area contributed by atoms with Gasteiger partial charge in [-0.05, 0) is 65.7 Å². The van der Waals surface area contributed by atoms with Gasteiger partial charge in [-0.15, -0.1) is 0 Å². The van der Waals surface area contributed by atoms with Crippen LogP contribution >= 0.6 is 0 Å². The van der Waals surface area contributed by atoms with E-state index in [2.05, 4.69) is 0 Å². The van der Waals surface area contributed by atoms with E-state index in [9.17, 15) is 4.79 Å². The van der Waals surface area contributed by atoms with E-state index < -0.39 is 5.60 Å². The fourth-order valence-electron chi connectivity index (χ4n) is 3.53. The molecule has 0 spiro atoms. The Morgan fingerprint density at radius 1 is 1.20 bits per heavy atom. The molecular formula is C16H29NO3. The maximum absolute atomic E-state index is 12.3. The fourth-order valence-corrected chi connectivity index (χ4v) is 3.53. The van der Waals surface area contributed by atoms with Crippen LogP contribution in [0.25, 0.3) is 0 Å². The minimum absolute atomic E-state index is 0.117. The minimum Gasteiger partial charge on any atom is -0.444 e. The summed E-state index contributed by atoms with van der Waals surface area (Å²) in [6.07, 6.45) is 5.51. The molecule has 0 saturated carbocycles. The number of carbonyl (C=O) groups is 1. The Kier molecular flexibility index (Phi) is 4.95. The number of nitrogens with zero attached hydrogens (tertiary/aromatic N) is 1. The average Bonchev–Trinajstić information content (AvgIpc) is 2.60. The van der Waals surface area contributed by atoms with Gasteiger partial charge in [0.1, 0.15) is 5.60 Å². The van der Waals surface area contributed by atoms with E-state index in [0.717, 1.165) is 45.3 Å². The zero-order chi connectivity index (χ0) is 14.8. The number of rotatable bonds is 4. The predicted molar refractivity (Wildman–Crippen MR) is 78.7 cm³/mol. The lowest BCUT2D eigenvalue weighted by molar-refractivity contribution is -0.000220. The molecule has 2 heterocycles. The Balaban J connectivity index is 1.88. The van der Waals surface area contributed by atoms with Crippen LogP contribution in [0.3, 0.4) is 0 Å². The van der Waals surface area contributed by atoms with Crippen molar-refractivity contribution < 1.29 is 14.3 Å². The Hall–Kier alpha value is -0.770. The van der Waals surface area contributed by atoms with Crippen LogP contribution in [0.15, 0.2) is 0 Å². The van der Waals surface area contributed by atoms with Crippen LogP contribution < -0.4 is 0 Å². The molecule has 2 atom stereocenters. The predicted octanol–water partition coefficient (Wildman–Crippen LogP) is 3.59. The third kappa shape index (κ3) is 3.87. The van der Waals surface area contributed by atoms with E-state index >= 15 is 0 Å². The summed E-state index contributed by atoms with van der Waals surface area (Å²) in [5.74, 6) is 0.706. The van der Waals surface area contributed by atoms with Crippen LogP contribution in [0.2, 0.25) is 0 Å². The smallest absolute Gasteiger partial charge is 0.410 e. The number of piperidine rings is 1. The first-order chi connectivity index (χ1) is 9.40. The van der Waals surface area contributed by atoms with Crippen molar-refractivity contribution in [2.45, 2.75) is 77.5 Å². The summed E-state index contributed by atoms with van der Waals surface area (Å²) in [7, 11) is 0. The molecule has 0 N–H and O–H groups in total. The molecule has 2 rings (SSSR count). The highest BCUT2D eigenvalue weighted by atomic mass is 16.6. The van der Waals surface area contributed by atoms with Gasteiger partial charge in [-0.1, -0.05) is 0 Å². The molecule has 2 fully saturated rings. The van der Waals surface area contributed by atoms with Crippen LogP contribution in [0.1, 0.15) is 59.8 Å². The lowest BCUT2D eigenvalue weighted by atomic mass is 9.88. The number of carbonyl (C=O) groups excluding carboxylic acids is 1. The molecule has 2 saturated heterocycles. The fraction of sp³-hybridized carbons (Fsp3) is 0.938. The SMILES string of the molecule is CCOCCC1CC2CCC(C1)N2C(=O)OC(C)(C)C. The summed E-state index contributed by atoms with van der Waals surface area (Å²) in [5, 5.41) is 0. The maximum atomic E-state index is 12.3. The molecule has 2 unspecified atom stereocenters. The summed E-state index contributed by atoms with van der Waals surface area (Å²) in [6.45, 7) is 9.48. The highest BCUT2D eigenvalue weighted by Gasteiger charge is 2.44. The third-order valence-electron chi connectivity index (χ3n) is 4.31. The largest absolute Gasteiger partial charge is 0.444 e. The summed E-state index contributed by atoms with van der Waals surface area (Å²) in [4.78, 5) is 14.3. The second-order valence-electron chi connectivity index (χ2n) is 7.10. The van der Waals surface area contributed by atoms with Gasteiger partial charge in [0.05, 0.1) is 0 Å². The summed E-state index contributed by atoms with van der Waals surface area (Å²) < 4.78 is 11.0. The molecule has 20 heavy (non-hydrogen) atoms. The van der Waals surface area contributed by atoms with Gasteiger partial charge in [0, 0.05) is 25.3 Å². The zero-order valence-electron chi connectivity index (χ0n) is 13.4. The lowest BCUT2D eigenvalue weighted by Gasteiger charge is -2.39. The Labute approximate surface area is 122 Å². The molecule has 2 aliphatic heterocycles. The van der Waals surface area contributed by atoms with Crippen molar-refractivity contribution in [1.82, 2.24) is 4.90 Å². The number of hydrogen-bond acceptors (Lipinski definition) is 3. The van der Waals surface area contributed by atoms with Crippen LogP contribution in [-0.2, 0) is 9.47 Å². The molecular weight excluding hydrogens is 254 g/mol. The van der Waals surface area contributed by atoms with Gasteiger partial charge in [0.25, 0.3) is 0 Å². The van der Waals surface area contributed by atoms with Gasteiger partial charge in [-0.3, -0.25) is 0 Å². The van der Waals surface area contributed by atoms with Gasteiger partial charge in [0.2, 0.25) is 0 Å². The monoisotopic (exact) mass is 283 g/mol. The average molecular weight is 283 g/mol. The highest BCUT2D eigenvalue weighted by molar-refractivity contribution is 5.69. The molecule has 116 valence electrons. The molecule has 2 aliphatic rings. The molecule has 0 radical (unpaired) electrons. The second-order valence-corrected chi connectivity index (χ2v) is 7.10. The van der Waals surface area contributed by atoms with Gasteiger partial charge < -0.3 is 14.4 Å². The first-order valence-electron chi connectivity index (χ1n) is 7.99. The van der Waals surface area contributed by atoms with Gasteiger partial charge in [-0.2, -0.15) is 0 Å². The first-order valence-corrected chi connectivity index (χ1v) is 7.99. The van der Waals surface area contributed by atoms with E-state index in [1.807, 2.05) is 32.6 Å². The molecule has 4 nitrogen and oxygen atoms in total. The molecule has 2 bridgehead atoms. The molecule has 0 aromatic carbocycles. The second kappa shape index (κ2) is 6.33. The van der Waals surface area contributed by atoms with Crippen LogP contribution in [0.5, 0.6) is 0 Å². The summed E-state index contributed by atoms with van der Waals surface area (Å²) >= 11 is 0. The van der Waals surface area contributed by atoms with E-state index in [0.29, 0.717) is 18.0 Å². The molecule has 4 heteroatoms. The van der Waals surface area contributed by atoms with E-state index in [4.69, 9.17) is 9.47 Å². The number of ether oxygens (including phenoxy) is 2. The molecule has 1 amide bonds. The van der Waals surface area contributed by atoms with Crippen LogP contribution in [0, 0.1) is 5.92 Å². The number of amides is 1. The van der Waals surface area contributed by atoms with Crippen molar-refractivity contribution in [3.05, 3.63) is 0 Å². The van der Waals surface area contributed by atoms with Gasteiger partial charge in [0.15, 0.2) is 0 Å². The lowest BCUT2D eigenvalue weighted by Crippen LogP contribution is -2.48. The first kappa shape index (κ1) is 15.6. The van der Waals surface area contributed by atoms with Crippen LogP contribution in [-0.4, -0.2) is 41.9 Å². The summed E-state index contributed by atoms with van der Waals surface area (Å²) in [6, 6.07) is 0.769. The maximum Gasteiger partial charge on any atom is 0.410 e. The highest BCUT2D eigenvalue weighted by Crippen LogP contribution is 2.40. The normalized spacial score (nSPS) is 29.6. The number of hydrogen-bond donors (Lipinski definition) is 0. The topological polar surface area (TPSA) is 38.8 Å². The van der Waals surface area contributed by atoms with E-state index in [1.165, 1.54) is 0 Å². The quantitative estimate of drug-likeness (QED) is 0.740. The molecule has 0 aliphatic carbocycles. The van der Waals surface area contributed by atoms with Crippen molar-refractivity contribution in [3.8, 4) is 0 Å². The number of fused-ring (bicyclic) bond motifs is 2. The van der Waals surface area contributed by atoms with Crippen molar-refractivity contribution in [1.29, 1.82) is 0 Å². The Bertz CT molecular complexity index is 323. The zero-order valence-corrected chi connectivity index (χ0v) is 13.4. The standard InChI is InChI=1S/C16H29NO3/c1-5-19-9-8-12-10-13-6-7-14(11-12)17(13)15(18)20-16(2,3)4/h12-14H,5-11H2,1-4H3. The molecule has 0 aromatic rings. The van der Waals surface area contributed by atoms with Crippen LogP contribution in [0.4, 0.5) is 4.79 Å². The van der Waals surface area contributed by atoms with E-state index in [-0.39, 0.29) is 6.09 Å². The molecule has 0 aromatic heterocycles. The Morgan fingerprint density at radius 3 is 2.30 bits per heavy atom. The van der Waals surface area contributed by atoms with Gasteiger partial charge >= 0.3 is 6.09 Å². The van der Waals surface area contributed by atoms with Crippen molar-refractivity contribution >= 4 is 6.09 Å². The van der Waals surface area contributed by atoms with E-state index in [1.54, 1.807) is 0 Å². The third-order valence-corrected chi connectivity index (χ3v) is 4.31. The van der Waals surface area contributed by atoms with Crippen molar-refractivity contribution in [3.63, 3.8) is 0 Å². The van der Waals surface area contributed by atoms with Gasteiger partial charge in [-0.25, -0.2) is 4.79 Å². The Morgan fingerprint density at radius 2 is 1.80 bits per heavy atom. The van der Waals surface area contributed by atoms with Crippen molar-refractivity contribution in [2.75, 3.05) is 13.2 Å². The summed E-state index contributed by atoms with van der Waals surface area (Å²) in [5.41, 5.74) is -0.400. The minimum atomic E-state index is -0.400. The van der Waals surface area contributed by atoms with Crippen molar-refractivity contribution in [2.24, 2.45) is 5.92 Å².